The summed E-state index contributed by atoms with van der Waals surface area (Å²) < 4.78 is 37.5. The smallest absolute Gasteiger partial charge is 0.397 e. The van der Waals surface area contributed by atoms with Gasteiger partial charge in [0.2, 0.25) is 0 Å². The van der Waals surface area contributed by atoms with Gasteiger partial charge in [0.15, 0.2) is 0 Å². The Hall–Kier alpha value is -1.96. The van der Waals surface area contributed by atoms with Crippen LogP contribution in [0.5, 0.6) is 0 Å². The molecule has 104 valence electrons. The maximum absolute atomic E-state index is 12.5. The van der Waals surface area contributed by atoms with E-state index in [1.54, 1.807) is 6.07 Å². The van der Waals surface area contributed by atoms with Crippen LogP contribution in [0.4, 0.5) is 24.5 Å². The van der Waals surface area contributed by atoms with E-state index in [1.807, 2.05) is 0 Å². The molecule has 0 radical (unpaired) electrons. The van der Waals surface area contributed by atoms with Gasteiger partial charge in [0.05, 0.1) is 29.7 Å². The molecule has 0 amide bonds. The molecule has 0 saturated carbocycles. The standard InChI is InChI=1S/C11H13F3N4O/c12-11(13,14)6-18(1-2-19)10-4-9-7(3-8(10)15)5-16-17-9/h3-5,19H,1-2,6,15H2,(H,16,17). The number of hydrogen-bond donors (Lipinski definition) is 3. The highest BCUT2D eigenvalue weighted by atomic mass is 19.4. The summed E-state index contributed by atoms with van der Waals surface area (Å²) in [6.45, 7) is -1.71. The Morgan fingerprint density at radius 2 is 2.11 bits per heavy atom. The second-order valence-corrected chi connectivity index (χ2v) is 4.13. The van der Waals surface area contributed by atoms with Gasteiger partial charge in [-0.3, -0.25) is 5.10 Å². The lowest BCUT2D eigenvalue weighted by Gasteiger charge is -2.26. The first-order valence-corrected chi connectivity index (χ1v) is 5.56. The van der Waals surface area contributed by atoms with Crippen molar-refractivity contribution >= 4 is 22.3 Å². The molecule has 0 spiro atoms. The Labute approximate surface area is 106 Å². The first-order valence-electron chi connectivity index (χ1n) is 5.56. The summed E-state index contributed by atoms with van der Waals surface area (Å²) in [5.41, 5.74) is 6.80. The lowest BCUT2D eigenvalue weighted by atomic mass is 10.2. The summed E-state index contributed by atoms with van der Waals surface area (Å²) in [6.07, 6.45) is -2.83. The first-order chi connectivity index (χ1) is 8.90. The van der Waals surface area contributed by atoms with Crippen LogP contribution in [0.25, 0.3) is 10.9 Å². The normalized spacial score (nSPS) is 12.0. The van der Waals surface area contributed by atoms with Gasteiger partial charge in [-0.2, -0.15) is 18.3 Å². The first kappa shape index (κ1) is 13.5. The minimum atomic E-state index is -4.37. The minimum absolute atomic E-state index is 0.149. The molecule has 0 saturated heterocycles. The quantitative estimate of drug-likeness (QED) is 0.738. The van der Waals surface area contributed by atoms with Crippen LogP contribution < -0.4 is 10.6 Å². The number of aliphatic hydroxyl groups is 1. The number of alkyl halides is 3. The molecular weight excluding hydrogens is 261 g/mol. The molecule has 1 heterocycles. The van der Waals surface area contributed by atoms with Gasteiger partial charge in [0, 0.05) is 11.9 Å². The molecule has 19 heavy (non-hydrogen) atoms. The van der Waals surface area contributed by atoms with Gasteiger partial charge in [-0.05, 0) is 12.1 Å². The van der Waals surface area contributed by atoms with Gasteiger partial charge in [0.1, 0.15) is 6.54 Å². The highest BCUT2D eigenvalue weighted by Gasteiger charge is 2.31. The molecule has 2 rings (SSSR count). The van der Waals surface area contributed by atoms with Gasteiger partial charge >= 0.3 is 6.18 Å². The zero-order valence-corrected chi connectivity index (χ0v) is 9.91. The van der Waals surface area contributed by atoms with E-state index in [-0.39, 0.29) is 17.9 Å². The largest absolute Gasteiger partial charge is 0.405 e. The van der Waals surface area contributed by atoms with Gasteiger partial charge in [0.25, 0.3) is 0 Å². The summed E-state index contributed by atoms with van der Waals surface area (Å²) >= 11 is 0. The Kier molecular flexibility index (Phi) is 3.52. The van der Waals surface area contributed by atoms with E-state index in [0.717, 1.165) is 10.3 Å². The van der Waals surface area contributed by atoms with Gasteiger partial charge in [-0.25, -0.2) is 0 Å². The third kappa shape index (κ3) is 3.08. The van der Waals surface area contributed by atoms with Crippen molar-refractivity contribution in [2.45, 2.75) is 6.18 Å². The predicted molar refractivity (Wildman–Crippen MR) is 65.9 cm³/mol. The van der Waals surface area contributed by atoms with Crippen LogP contribution in [-0.2, 0) is 0 Å². The molecule has 0 unspecified atom stereocenters. The van der Waals surface area contributed by atoms with E-state index >= 15 is 0 Å². The van der Waals surface area contributed by atoms with Crippen molar-refractivity contribution in [3.63, 3.8) is 0 Å². The molecular formula is C11H13F3N4O. The average Bonchev–Trinajstić information content (AvgIpc) is 2.72. The molecule has 8 heteroatoms. The molecule has 0 atom stereocenters. The molecule has 0 aliphatic rings. The molecule has 0 aliphatic heterocycles. The topological polar surface area (TPSA) is 78.2 Å². The number of aromatic amines is 1. The van der Waals surface area contributed by atoms with Crippen LogP contribution in [0.2, 0.25) is 0 Å². The number of nitrogens with two attached hydrogens (primary N) is 1. The Balaban J connectivity index is 2.39. The van der Waals surface area contributed by atoms with Crippen molar-refractivity contribution in [3.05, 3.63) is 18.3 Å². The second kappa shape index (κ2) is 4.96. The Morgan fingerprint density at radius 1 is 1.37 bits per heavy atom. The summed E-state index contributed by atoms with van der Waals surface area (Å²) in [4.78, 5) is 0.996. The van der Waals surface area contributed by atoms with Gasteiger partial charge in [-0.1, -0.05) is 0 Å². The van der Waals surface area contributed by atoms with E-state index < -0.39 is 19.3 Å². The number of benzene rings is 1. The number of H-pyrrole nitrogens is 1. The van der Waals surface area contributed by atoms with E-state index in [1.165, 1.54) is 12.3 Å². The van der Waals surface area contributed by atoms with E-state index in [0.29, 0.717) is 5.52 Å². The molecule has 0 bridgehead atoms. The minimum Gasteiger partial charge on any atom is -0.397 e. The lowest BCUT2D eigenvalue weighted by Crippen LogP contribution is -2.36. The van der Waals surface area contributed by atoms with E-state index in [9.17, 15) is 13.2 Å². The number of nitrogens with zero attached hydrogens (tertiary/aromatic N) is 2. The monoisotopic (exact) mass is 274 g/mol. The fourth-order valence-electron chi connectivity index (χ4n) is 1.89. The molecule has 0 fully saturated rings. The number of rotatable bonds is 4. The van der Waals surface area contributed by atoms with Crippen molar-refractivity contribution in [1.29, 1.82) is 0 Å². The van der Waals surface area contributed by atoms with Crippen LogP contribution in [0, 0.1) is 0 Å². The average molecular weight is 274 g/mol. The fraction of sp³-hybridized carbons (Fsp3) is 0.364. The molecule has 4 N–H and O–H groups in total. The summed E-state index contributed by atoms with van der Waals surface area (Å²) in [5.74, 6) is 0. The molecule has 1 aromatic heterocycles. The van der Waals surface area contributed by atoms with Gasteiger partial charge in [-0.15, -0.1) is 0 Å². The van der Waals surface area contributed by atoms with Crippen LogP contribution in [-0.4, -0.2) is 41.2 Å². The van der Waals surface area contributed by atoms with Crippen LogP contribution in [0.15, 0.2) is 18.3 Å². The number of halogens is 3. The zero-order valence-electron chi connectivity index (χ0n) is 9.91. The number of nitrogen functional groups attached to an aromatic ring is 1. The summed E-state index contributed by atoms with van der Waals surface area (Å²) in [6, 6.07) is 3.05. The molecule has 1 aromatic carbocycles. The van der Waals surface area contributed by atoms with Crippen LogP contribution in [0.3, 0.4) is 0 Å². The van der Waals surface area contributed by atoms with Crippen molar-refractivity contribution in [1.82, 2.24) is 10.2 Å². The highest BCUT2D eigenvalue weighted by molar-refractivity contribution is 5.88. The number of nitrogens with one attached hydrogen (secondary N) is 1. The number of aromatic nitrogens is 2. The van der Waals surface area contributed by atoms with E-state index in [2.05, 4.69) is 10.2 Å². The maximum atomic E-state index is 12.5. The highest BCUT2D eigenvalue weighted by Crippen LogP contribution is 2.30. The third-order valence-electron chi connectivity index (χ3n) is 2.67. The van der Waals surface area contributed by atoms with Crippen molar-refractivity contribution in [3.8, 4) is 0 Å². The van der Waals surface area contributed by atoms with E-state index in [4.69, 9.17) is 10.8 Å². The Bertz CT molecular complexity index is 567. The number of fused-ring (bicyclic) bond motifs is 1. The molecule has 0 aliphatic carbocycles. The van der Waals surface area contributed by atoms with Gasteiger partial charge < -0.3 is 15.7 Å². The fourth-order valence-corrected chi connectivity index (χ4v) is 1.89. The van der Waals surface area contributed by atoms with Crippen LogP contribution >= 0.6 is 0 Å². The SMILES string of the molecule is Nc1cc2cn[nH]c2cc1N(CCO)CC(F)(F)F. The number of hydrogen-bond acceptors (Lipinski definition) is 4. The summed E-state index contributed by atoms with van der Waals surface area (Å²) in [5, 5.41) is 16.1. The lowest BCUT2D eigenvalue weighted by molar-refractivity contribution is -0.119. The summed E-state index contributed by atoms with van der Waals surface area (Å²) in [7, 11) is 0. The third-order valence-corrected chi connectivity index (χ3v) is 2.67. The maximum Gasteiger partial charge on any atom is 0.405 e. The van der Waals surface area contributed by atoms with Crippen molar-refractivity contribution < 1.29 is 18.3 Å². The molecule has 5 nitrogen and oxygen atoms in total. The molecule has 2 aromatic rings. The van der Waals surface area contributed by atoms with Crippen molar-refractivity contribution in [2.24, 2.45) is 0 Å². The second-order valence-electron chi connectivity index (χ2n) is 4.13. The Morgan fingerprint density at radius 3 is 2.74 bits per heavy atom. The predicted octanol–water partition coefficient (Wildman–Crippen LogP) is 1.51. The van der Waals surface area contributed by atoms with Crippen molar-refractivity contribution in [2.75, 3.05) is 30.3 Å². The zero-order chi connectivity index (χ0) is 14.0. The van der Waals surface area contributed by atoms with Crippen LogP contribution in [0.1, 0.15) is 0 Å². The number of aliphatic hydroxyl groups excluding tert-OH is 1. The number of anilines is 2.